The van der Waals surface area contributed by atoms with E-state index in [-0.39, 0.29) is 6.04 Å². The van der Waals surface area contributed by atoms with E-state index in [0.717, 1.165) is 15.8 Å². The Kier molecular flexibility index (Phi) is 5.15. The van der Waals surface area contributed by atoms with E-state index in [2.05, 4.69) is 51.4 Å². The molecular formula is C16H19BrN2O. The number of hydrogen-bond acceptors (Lipinski definition) is 3. The third-order valence-electron chi connectivity index (χ3n) is 3.22. The number of halogens is 1. The summed E-state index contributed by atoms with van der Waals surface area (Å²) in [5, 5.41) is 3.36. The normalized spacial score (nSPS) is 12.2. The quantitative estimate of drug-likeness (QED) is 0.901. The first-order valence-corrected chi connectivity index (χ1v) is 7.46. The Morgan fingerprint density at radius 1 is 1.30 bits per heavy atom. The van der Waals surface area contributed by atoms with Gasteiger partial charge in [-0.2, -0.15) is 0 Å². The third-order valence-corrected chi connectivity index (χ3v) is 3.71. The van der Waals surface area contributed by atoms with Crippen molar-refractivity contribution < 1.29 is 4.74 Å². The first kappa shape index (κ1) is 15.0. The Labute approximate surface area is 128 Å². The van der Waals surface area contributed by atoms with E-state index in [4.69, 9.17) is 4.74 Å². The van der Waals surface area contributed by atoms with E-state index < -0.39 is 0 Å². The molecule has 0 radical (unpaired) electrons. The van der Waals surface area contributed by atoms with Gasteiger partial charge in [-0.3, -0.25) is 4.98 Å². The molecule has 20 heavy (non-hydrogen) atoms. The smallest absolute Gasteiger partial charge is 0.137 e. The van der Waals surface area contributed by atoms with Gasteiger partial charge in [-0.05, 0) is 55.8 Å². The molecule has 1 unspecified atom stereocenters. The van der Waals surface area contributed by atoms with E-state index in [9.17, 15) is 0 Å². The van der Waals surface area contributed by atoms with Crippen LogP contribution in [-0.4, -0.2) is 18.6 Å². The van der Waals surface area contributed by atoms with Gasteiger partial charge in [0.1, 0.15) is 5.75 Å². The average molecular weight is 335 g/mol. The lowest BCUT2D eigenvalue weighted by atomic mass is 9.96. The van der Waals surface area contributed by atoms with Crippen molar-refractivity contribution in [3.05, 3.63) is 57.8 Å². The Hall–Kier alpha value is -1.39. The van der Waals surface area contributed by atoms with Crippen LogP contribution in [0.1, 0.15) is 29.7 Å². The molecule has 0 spiro atoms. The van der Waals surface area contributed by atoms with Gasteiger partial charge >= 0.3 is 0 Å². The number of nitrogens with zero attached hydrogens (tertiary/aromatic N) is 1. The molecule has 0 aliphatic heterocycles. The second-order valence-corrected chi connectivity index (χ2v) is 5.53. The van der Waals surface area contributed by atoms with Crippen LogP contribution >= 0.6 is 15.9 Å². The molecule has 2 rings (SSSR count). The standard InChI is InChI=1S/C16H19BrN2O/c1-4-20-14-7-12(9-19-10-14)16(18-3)15-8-13(17)6-5-11(15)2/h5-10,16,18H,4H2,1-3H3. The van der Waals surface area contributed by atoms with Crippen molar-refractivity contribution in [2.45, 2.75) is 19.9 Å². The van der Waals surface area contributed by atoms with E-state index in [1.807, 2.05) is 26.2 Å². The minimum Gasteiger partial charge on any atom is -0.492 e. The second-order valence-electron chi connectivity index (χ2n) is 4.61. The van der Waals surface area contributed by atoms with Crippen molar-refractivity contribution in [1.29, 1.82) is 0 Å². The zero-order valence-corrected chi connectivity index (χ0v) is 13.6. The fourth-order valence-corrected chi connectivity index (χ4v) is 2.64. The van der Waals surface area contributed by atoms with Crippen molar-refractivity contribution in [3.63, 3.8) is 0 Å². The van der Waals surface area contributed by atoms with Crippen LogP contribution in [0, 0.1) is 6.92 Å². The molecule has 4 heteroatoms. The first-order valence-electron chi connectivity index (χ1n) is 6.66. The summed E-state index contributed by atoms with van der Waals surface area (Å²) >= 11 is 3.54. The van der Waals surface area contributed by atoms with Crippen molar-refractivity contribution in [2.75, 3.05) is 13.7 Å². The van der Waals surface area contributed by atoms with Crippen LogP contribution in [0.3, 0.4) is 0 Å². The van der Waals surface area contributed by atoms with Crippen molar-refractivity contribution in [2.24, 2.45) is 0 Å². The van der Waals surface area contributed by atoms with Gasteiger partial charge in [0.2, 0.25) is 0 Å². The number of aromatic nitrogens is 1. The zero-order valence-electron chi connectivity index (χ0n) is 12.0. The molecule has 0 aliphatic carbocycles. The second kappa shape index (κ2) is 6.86. The molecule has 0 aliphatic rings. The molecule has 0 saturated heterocycles. The minimum absolute atomic E-state index is 0.0976. The van der Waals surface area contributed by atoms with E-state index >= 15 is 0 Å². The van der Waals surface area contributed by atoms with Gasteiger partial charge in [-0.25, -0.2) is 0 Å². The summed E-state index contributed by atoms with van der Waals surface area (Å²) < 4.78 is 6.61. The van der Waals surface area contributed by atoms with Crippen molar-refractivity contribution in [1.82, 2.24) is 10.3 Å². The molecule has 0 amide bonds. The molecule has 106 valence electrons. The van der Waals surface area contributed by atoms with E-state index in [1.54, 1.807) is 6.20 Å². The summed E-state index contributed by atoms with van der Waals surface area (Å²) in [6.07, 6.45) is 3.62. The number of aryl methyl sites for hydroxylation is 1. The topological polar surface area (TPSA) is 34.1 Å². The van der Waals surface area contributed by atoms with Gasteiger partial charge in [-0.15, -0.1) is 0 Å². The van der Waals surface area contributed by atoms with Crippen LogP contribution < -0.4 is 10.1 Å². The SMILES string of the molecule is CCOc1cncc(C(NC)c2cc(Br)ccc2C)c1. The van der Waals surface area contributed by atoms with Gasteiger partial charge < -0.3 is 10.1 Å². The highest BCUT2D eigenvalue weighted by molar-refractivity contribution is 9.10. The summed E-state index contributed by atoms with van der Waals surface area (Å²) in [5.41, 5.74) is 3.58. The number of ether oxygens (including phenoxy) is 1. The highest BCUT2D eigenvalue weighted by Gasteiger charge is 2.15. The Morgan fingerprint density at radius 3 is 2.80 bits per heavy atom. The highest BCUT2D eigenvalue weighted by Crippen LogP contribution is 2.28. The van der Waals surface area contributed by atoms with Gasteiger partial charge in [0.25, 0.3) is 0 Å². The van der Waals surface area contributed by atoms with Crippen molar-refractivity contribution in [3.8, 4) is 5.75 Å². The monoisotopic (exact) mass is 334 g/mol. The molecule has 2 aromatic rings. The molecule has 0 bridgehead atoms. The zero-order chi connectivity index (χ0) is 14.5. The first-order chi connectivity index (χ1) is 9.65. The van der Waals surface area contributed by atoms with Gasteiger partial charge in [-0.1, -0.05) is 22.0 Å². The highest BCUT2D eigenvalue weighted by atomic mass is 79.9. The molecule has 1 N–H and O–H groups in total. The number of hydrogen-bond donors (Lipinski definition) is 1. The maximum atomic E-state index is 5.53. The predicted octanol–water partition coefficient (Wildman–Crippen LogP) is 3.86. The lowest BCUT2D eigenvalue weighted by molar-refractivity contribution is 0.338. The van der Waals surface area contributed by atoms with Crippen LogP contribution in [-0.2, 0) is 0 Å². The van der Waals surface area contributed by atoms with Crippen LogP contribution in [0.15, 0.2) is 41.1 Å². The third kappa shape index (κ3) is 3.38. The minimum atomic E-state index is 0.0976. The summed E-state index contributed by atoms with van der Waals surface area (Å²) in [7, 11) is 1.96. The largest absolute Gasteiger partial charge is 0.492 e. The molecule has 1 aromatic carbocycles. The average Bonchev–Trinajstić information content (AvgIpc) is 2.44. The molecule has 1 atom stereocenters. The predicted molar refractivity (Wildman–Crippen MR) is 85.2 cm³/mol. The number of nitrogens with one attached hydrogen (secondary N) is 1. The molecular weight excluding hydrogens is 316 g/mol. The number of rotatable bonds is 5. The van der Waals surface area contributed by atoms with Crippen LogP contribution in [0.4, 0.5) is 0 Å². The van der Waals surface area contributed by atoms with Gasteiger partial charge in [0.05, 0.1) is 18.8 Å². The lowest BCUT2D eigenvalue weighted by Crippen LogP contribution is -2.19. The summed E-state index contributed by atoms with van der Waals surface area (Å²) in [6, 6.07) is 8.45. The maximum absolute atomic E-state index is 5.53. The van der Waals surface area contributed by atoms with Crippen molar-refractivity contribution >= 4 is 15.9 Å². The fourth-order valence-electron chi connectivity index (χ4n) is 2.26. The van der Waals surface area contributed by atoms with Crippen LogP contribution in [0.2, 0.25) is 0 Å². The van der Waals surface area contributed by atoms with E-state index in [1.165, 1.54) is 11.1 Å². The summed E-state index contributed by atoms with van der Waals surface area (Å²) in [5.74, 6) is 0.804. The Balaban J connectivity index is 2.41. The van der Waals surface area contributed by atoms with Crippen LogP contribution in [0.5, 0.6) is 5.75 Å². The maximum Gasteiger partial charge on any atom is 0.137 e. The Morgan fingerprint density at radius 2 is 2.10 bits per heavy atom. The van der Waals surface area contributed by atoms with Crippen LogP contribution in [0.25, 0.3) is 0 Å². The Bertz CT molecular complexity index is 586. The fraction of sp³-hybridized carbons (Fsp3) is 0.312. The molecule has 1 heterocycles. The molecule has 1 aromatic heterocycles. The summed E-state index contributed by atoms with van der Waals surface area (Å²) in [6.45, 7) is 4.73. The van der Waals surface area contributed by atoms with E-state index in [0.29, 0.717) is 6.61 Å². The summed E-state index contributed by atoms with van der Waals surface area (Å²) in [4.78, 5) is 4.27. The molecule has 3 nitrogen and oxygen atoms in total. The number of benzene rings is 1. The lowest BCUT2D eigenvalue weighted by Gasteiger charge is -2.20. The van der Waals surface area contributed by atoms with Gasteiger partial charge in [0, 0.05) is 10.7 Å². The molecule has 0 fully saturated rings. The van der Waals surface area contributed by atoms with Gasteiger partial charge in [0.15, 0.2) is 0 Å². The number of pyridine rings is 1. The molecule has 0 saturated carbocycles.